The van der Waals surface area contributed by atoms with Crippen LogP contribution >= 0.6 is 0 Å². The molecule has 0 radical (unpaired) electrons. The highest BCUT2D eigenvalue weighted by Gasteiger charge is 2.23. The van der Waals surface area contributed by atoms with Crippen molar-refractivity contribution in [3.8, 4) is 0 Å². The highest BCUT2D eigenvalue weighted by molar-refractivity contribution is 5.23. The number of halogens is 3. The molecule has 7 heteroatoms. The molecule has 0 atom stereocenters. The summed E-state index contributed by atoms with van der Waals surface area (Å²) >= 11 is 0. The number of hydrogen-bond acceptors (Lipinski definition) is 3. The van der Waals surface area contributed by atoms with Crippen LogP contribution in [0.25, 0.3) is 0 Å². The summed E-state index contributed by atoms with van der Waals surface area (Å²) in [6, 6.07) is 1.31. The first-order valence-corrected chi connectivity index (χ1v) is 3.11. The summed E-state index contributed by atoms with van der Waals surface area (Å²) in [4.78, 5) is 11.9. The molecule has 0 aliphatic rings. The second kappa shape index (κ2) is 3.38. The monoisotopic (exact) mass is 192 g/mol. The fourth-order valence-electron chi connectivity index (χ4n) is 0.702. The molecule has 1 aromatic heterocycles. The fraction of sp³-hybridized carbons (Fsp3) is 0.167. The van der Waals surface area contributed by atoms with Gasteiger partial charge in [-0.1, -0.05) is 0 Å². The third kappa shape index (κ3) is 1.92. The zero-order valence-electron chi connectivity index (χ0n) is 6.08. The van der Waals surface area contributed by atoms with Crippen LogP contribution in [0.5, 0.6) is 0 Å². The molecule has 0 amide bonds. The molecule has 0 aromatic carbocycles. The Balaban J connectivity index is 3.19. The third-order valence-electron chi connectivity index (χ3n) is 1.25. The van der Waals surface area contributed by atoms with Crippen molar-refractivity contribution >= 4 is 5.82 Å². The summed E-state index contributed by atoms with van der Waals surface area (Å²) < 4.78 is 36.4. The maximum atomic E-state index is 12.5. The van der Waals surface area contributed by atoms with Gasteiger partial charge >= 0.3 is 12.2 Å². The van der Waals surface area contributed by atoms with Gasteiger partial charge in [-0.25, -0.2) is 13.2 Å². The molecule has 0 unspecified atom stereocenters. The Morgan fingerprint density at radius 3 is 2.54 bits per heavy atom. The van der Waals surface area contributed by atoms with Gasteiger partial charge in [0.05, 0.1) is 0 Å². The van der Waals surface area contributed by atoms with Crippen LogP contribution in [-0.2, 0) is 0 Å². The van der Waals surface area contributed by atoms with E-state index in [1.54, 1.807) is 0 Å². The van der Waals surface area contributed by atoms with Crippen molar-refractivity contribution in [2.24, 2.45) is 0 Å². The van der Waals surface area contributed by atoms with E-state index < -0.39 is 28.7 Å². The van der Waals surface area contributed by atoms with Crippen molar-refractivity contribution in [2.45, 2.75) is 6.43 Å². The van der Waals surface area contributed by atoms with Gasteiger partial charge in [-0.2, -0.15) is 0 Å². The zero-order valence-corrected chi connectivity index (χ0v) is 6.08. The van der Waals surface area contributed by atoms with Crippen molar-refractivity contribution in [1.82, 2.24) is 4.98 Å². The molecular weight excluding hydrogens is 189 g/mol. The zero-order chi connectivity index (χ0) is 10.0. The molecule has 0 saturated carbocycles. The van der Waals surface area contributed by atoms with E-state index >= 15 is 0 Å². The normalized spacial score (nSPS) is 10.5. The van der Waals surface area contributed by atoms with E-state index in [4.69, 9.17) is 0 Å². The minimum atomic E-state index is -3.15. The lowest BCUT2D eigenvalue weighted by Crippen LogP contribution is -1.99. The van der Waals surface area contributed by atoms with E-state index in [0.717, 1.165) is 6.07 Å². The Hall–Kier alpha value is -1.66. The summed E-state index contributed by atoms with van der Waals surface area (Å²) in [5.74, 6) is -2.04. The van der Waals surface area contributed by atoms with Gasteiger partial charge in [0.15, 0.2) is 5.82 Å². The average Bonchev–Trinajstić information content (AvgIpc) is 2.04. The van der Waals surface area contributed by atoms with Crippen molar-refractivity contribution < 1.29 is 18.1 Å². The maximum absolute atomic E-state index is 12.5. The van der Waals surface area contributed by atoms with Crippen LogP contribution in [0.15, 0.2) is 12.1 Å². The molecular formula is C6H3F3N2O2. The van der Waals surface area contributed by atoms with E-state index in [-0.39, 0.29) is 0 Å². The fourth-order valence-corrected chi connectivity index (χ4v) is 0.702. The lowest BCUT2D eigenvalue weighted by atomic mass is 10.3. The number of aromatic nitrogens is 1. The first-order chi connectivity index (χ1) is 6.02. The van der Waals surface area contributed by atoms with Crippen LogP contribution in [-0.4, -0.2) is 9.91 Å². The van der Waals surface area contributed by atoms with Gasteiger partial charge in [0.25, 0.3) is 5.69 Å². The van der Waals surface area contributed by atoms with Crippen LogP contribution in [0, 0.1) is 15.9 Å². The third-order valence-corrected chi connectivity index (χ3v) is 1.25. The number of alkyl halides is 2. The minimum Gasteiger partial charge on any atom is -0.358 e. The van der Waals surface area contributed by atoms with Crippen LogP contribution < -0.4 is 0 Å². The highest BCUT2D eigenvalue weighted by Crippen LogP contribution is 2.21. The molecule has 1 aromatic rings. The van der Waals surface area contributed by atoms with Crippen LogP contribution in [0.2, 0.25) is 0 Å². The number of nitrogens with zero attached hydrogens (tertiary/aromatic N) is 2. The maximum Gasteiger partial charge on any atom is 0.364 e. The van der Waals surface area contributed by atoms with Crippen molar-refractivity contribution in [2.75, 3.05) is 0 Å². The molecule has 4 nitrogen and oxygen atoms in total. The molecule has 70 valence electrons. The topological polar surface area (TPSA) is 56.0 Å². The van der Waals surface area contributed by atoms with Gasteiger partial charge in [0, 0.05) is 6.07 Å². The van der Waals surface area contributed by atoms with Crippen LogP contribution in [0.3, 0.4) is 0 Å². The molecule has 0 aliphatic heterocycles. The van der Waals surface area contributed by atoms with Gasteiger partial charge in [-0.15, -0.1) is 0 Å². The van der Waals surface area contributed by atoms with Gasteiger partial charge in [0.2, 0.25) is 0 Å². The molecule has 1 heterocycles. The lowest BCUT2D eigenvalue weighted by Gasteiger charge is -1.96. The smallest absolute Gasteiger partial charge is 0.358 e. The SMILES string of the molecule is O=[N+]([O-])c1ccc(F)c(C(F)F)n1. The Bertz CT molecular complexity index is 343. The quantitative estimate of drug-likeness (QED) is 0.532. The first kappa shape index (κ1) is 9.43. The Morgan fingerprint density at radius 2 is 2.08 bits per heavy atom. The van der Waals surface area contributed by atoms with E-state index in [9.17, 15) is 23.3 Å². The minimum absolute atomic E-state index is 0.590. The van der Waals surface area contributed by atoms with Crippen molar-refractivity contribution in [1.29, 1.82) is 0 Å². The Labute approximate surface area is 70.2 Å². The number of rotatable bonds is 2. The molecule has 0 N–H and O–H groups in total. The van der Waals surface area contributed by atoms with E-state index in [1.807, 2.05) is 0 Å². The average molecular weight is 192 g/mol. The van der Waals surface area contributed by atoms with Gasteiger partial charge in [0.1, 0.15) is 0 Å². The molecule has 0 saturated heterocycles. The largest absolute Gasteiger partial charge is 0.364 e. The number of hydrogen-bond donors (Lipinski definition) is 0. The molecule has 0 spiro atoms. The Kier molecular flexibility index (Phi) is 2.45. The molecule has 0 aliphatic carbocycles. The predicted molar refractivity (Wildman–Crippen MR) is 35.8 cm³/mol. The predicted octanol–water partition coefficient (Wildman–Crippen LogP) is 2.07. The lowest BCUT2D eigenvalue weighted by molar-refractivity contribution is -0.389. The second-order valence-electron chi connectivity index (χ2n) is 2.09. The van der Waals surface area contributed by atoms with Gasteiger partial charge in [-0.3, -0.25) is 0 Å². The summed E-state index contributed by atoms with van der Waals surface area (Å²) in [5, 5.41) is 10.1. The van der Waals surface area contributed by atoms with Crippen LogP contribution in [0.4, 0.5) is 19.0 Å². The molecule has 13 heavy (non-hydrogen) atoms. The standard InChI is InChI=1S/C6H3F3N2O2/c7-3-1-2-4(11(12)13)10-5(3)6(8)9/h1-2,6H. The summed E-state index contributed by atoms with van der Waals surface area (Å²) in [5.41, 5.74) is -1.20. The number of pyridine rings is 1. The van der Waals surface area contributed by atoms with Gasteiger partial charge in [-0.05, 0) is 16.0 Å². The number of nitro groups is 1. The first-order valence-electron chi connectivity index (χ1n) is 3.11. The van der Waals surface area contributed by atoms with E-state index in [2.05, 4.69) is 4.98 Å². The summed E-state index contributed by atoms with van der Waals surface area (Å²) in [7, 11) is 0. The summed E-state index contributed by atoms with van der Waals surface area (Å²) in [6.45, 7) is 0. The van der Waals surface area contributed by atoms with Crippen LogP contribution in [0.1, 0.15) is 12.1 Å². The molecule has 1 rings (SSSR count). The second-order valence-corrected chi connectivity index (χ2v) is 2.09. The van der Waals surface area contributed by atoms with Gasteiger partial charge < -0.3 is 10.1 Å². The molecule has 0 bridgehead atoms. The van der Waals surface area contributed by atoms with E-state index in [0.29, 0.717) is 6.07 Å². The highest BCUT2D eigenvalue weighted by atomic mass is 19.3. The molecule has 0 fully saturated rings. The van der Waals surface area contributed by atoms with Crippen molar-refractivity contribution in [3.05, 3.63) is 33.8 Å². The summed E-state index contributed by atoms with van der Waals surface area (Å²) in [6.07, 6.45) is -3.15. The van der Waals surface area contributed by atoms with Crippen molar-refractivity contribution in [3.63, 3.8) is 0 Å². The Morgan fingerprint density at radius 1 is 1.46 bits per heavy atom. The van der Waals surface area contributed by atoms with E-state index in [1.165, 1.54) is 0 Å².